The smallest absolute Gasteiger partial charge is 0.171 e. The molecule has 0 saturated heterocycles. The van der Waals surface area contributed by atoms with Crippen LogP contribution in [0.5, 0.6) is 5.75 Å². The zero-order chi connectivity index (χ0) is 14.7. The molecule has 106 valence electrons. The number of ether oxygens (including phenoxy) is 1. The first kappa shape index (κ1) is 15.0. The summed E-state index contributed by atoms with van der Waals surface area (Å²) < 4.78 is 5.75. The summed E-state index contributed by atoms with van der Waals surface area (Å²) in [6.07, 6.45) is 0.755. The highest BCUT2D eigenvalue weighted by atomic mass is 35.5. The Labute approximate surface area is 127 Å². The molecule has 2 aromatic rings. The number of halogens is 1. The zero-order valence-corrected chi connectivity index (χ0v) is 13.3. The summed E-state index contributed by atoms with van der Waals surface area (Å²) in [5.41, 5.74) is 1.84. The number of hydrogen-bond donors (Lipinski definition) is 0. The third-order valence-corrected chi connectivity index (χ3v) is 4.29. The number of aryl methyl sites for hydroxylation is 2. The van der Waals surface area contributed by atoms with Crippen LogP contribution in [0.25, 0.3) is 0 Å². The average Bonchev–Trinajstić information content (AvgIpc) is 2.81. The molecule has 0 spiro atoms. The van der Waals surface area contributed by atoms with Gasteiger partial charge in [0.25, 0.3) is 0 Å². The van der Waals surface area contributed by atoms with Crippen molar-refractivity contribution >= 4 is 28.7 Å². The van der Waals surface area contributed by atoms with Crippen molar-refractivity contribution in [3.63, 3.8) is 0 Å². The minimum absolute atomic E-state index is 0.0632. The van der Waals surface area contributed by atoms with Crippen molar-refractivity contribution in [2.24, 2.45) is 0 Å². The quantitative estimate of drug-likeness (QED) is 0.766. The fraction of sp³-hybridized carbons (Fsp3) is 0.333. The molecular weight excluding hydrogens is 294 g/mol. The van der Waals surface area contributed by atoms with E-state index in [1.54, 1.807) is 13.0 Å². The lowest BCUT2D eigenvalue weighted by Gasteiger charge is -2.07. The van der Waals surface area contributed by atoms with E-state index in [1.165, 1.54) is 11.3 Å². The van der Waals surface area contributed by atoms with Gasteiger partial charge in [-0.2, -0.15) is 0 Å². The van der Waals surface area contributed by atoms with Crippen molar-refractivity contribution in [3.8, 4) is 5.75 Å². The van der Waals surface area contributed by atoms with Gasteiger partial charge in [-0.3, -0.25) is 4.79 Å². The monoisotopic (exact) mass is 309 g/mol. The first-order valence-electron chi connectivity index (χ1n) is 6.39. The Morgan fingerprint density at radius 2 is 2.20 bits per heavy atom. The van der Waals surface area contributed by atoms with E-state index < -0.39 is 0 Å². The van der Waals surface area contributed by atoms with Crippen LogP contribution in [0.1, 0.15) is 39.8 Å². The molecular formula is C15H16ClNO2S. The van der Waals surface area contributed by atoms with Crippen molar-refractivity contribution in [1.82, 2.24) is 4.98 Å². The van der Waals surface area contributed by atoms with Crippen molar-refractivity contribution in [2.75, 3.05) is 0 Å². The van der Waals surface area contributed by atoms with Gasteiger partial charge in [-0.15, -0.1) is 11.3 Å². The lowest BCUT2D eigenvalue weighted by molar-refractivity contribution is 0.102. The van der Waals surface area contributed by atoms with Crippen LogP contribution in [0.3, 0.4) is 0 Å². The number of thiazole rings is 1. The Morgan fingerprint density at radius 1 is 1.45 bits per heavy atom. The summed E-state index contributed by atoms with van der Waals surface area (Å²) >= 11 is 7.32. The molecule has 0 saturated carbocycles. The van der Waals surface area contributed by atoms with Crippen LogP contribution in [0.15, 0.2) is 18.2 Å². The summed E-state index contributed by atoms with van der Waals surface area (Å²) in [7, 11) is 0. The van der Waals surface area contributed by atoms with Crippen LogP contribution in [0, 0.1) is 6.92 Å². The summed E-state index contributed by atoms with van der Waals surface area (Å²) in [6.45, 7) is 5.88. The third-order valence-electron chi connectivity index (χ3n) is 2.88. The van der Waals surface area contributed by atoms with Gasteiger partial charge in [-0.05, 0) is 37.1 Å². The first-order chi connectivity index (χ1) is 9.51. The number of carbonyl (C=O) groups is 1. The van der Waals surface area contributed by atoms with Crippen LogP contribution in [0.2, 0.25) is 5.02 Å². The molecule has 0 aliphatic heterocycles. The van der Waals surface area contributed by atoms with E-state index in [2.05, 4.69) is 4.98 Å². The van der Waals surface area contributed by atoms with Crippen LogP contribution < -0.4 is 4.74 Å². The van der Waals surface area contributed by atoms with Crippen molar-refractivity contribution < 1.29 is 9.53 Å². The maximum Gasteiger partial charge on any atom is 0.171 e. The molecule has 0 bridgehead atoms. The standard InChI is InChI=1S/C15H16ClNO2S/c1-4-12-15(10(3)18)20-14(17-12)8-19-13-6-5-11(16)7-9(13)2/h5-7H,4,8H2,1-3H3. The number of Topliss-reactive ketones (excluding diaryl/α,β-unsaturated/α-hetero) is 1. The van der Waals surface area contributed by atoms with Crippen molar-refractivity contribution in [1.29, 1.82) is 0 Å². The topological polar surface area (TPSA) is 39.2 Å². The first-order valence-corrected chi connectivity index (χ1v) is 7.59. The molecule has 0 aliphatic rings. The van der Waals surface area contributed by atoms with E-state index in [0.717, 1.165) is 33.3 Å². The van der Waals surface area contributed by atoms with Gasteiger partial charge in [0.2, 0.25) is 0 Å². The third kappa shape index (κ3) is 3.38. The molecule has 0 amide bonds. The van der Waals surface area contributed by atoms with E-state index in [-0.39, 0.29) is 5.78 Å². The predicted octanol–water partition coefficient (Wildman–Crippen LogP) is 4.45. The molecule has 1 aromatic heterocycles. The van der Waals surface area contributed by atoms with Crippen molar-refractivity contribution in [3.05, 3.63) is 44.4 Å². The van der Waals surface area contributed by atoms with Crippen molar-refractivity contribution in [2.45, 2.75) is 33.8 Å². The SMILES string of the molecule is CCc1nc(COc2ccc(Cl)cc2C)sc1C(C)=O. The fourth-order valence-corrected chi connectivity index (χ4v) is 3.08. The van der Waals surface area contributed by atoms with Gasteiger partial charge in [-0.25, -0.2) is 4.98 Å². The molecule has 20 heavy (non-hydrogen) atoms. The highest BCUT2D eigenvalue weighted by molar-refractivity contribution is 7.13. The second-order valence-corrected chi connectivity index (χ2v) is 6.01. The minimum atomic E-state index is 0.0632. The van der Waals surface area contributed by atoms with E-state index in [0.29, 0.717) is 11.6 Å². The molecule has 1 heterocycles. The number of nitrogens with zero attached hydrogens (tertiary/aromatic N) is 1. The fourth-order valence-electron chi connectivity index (χ4n) is 1.89. The average molecular weight is 310 g/mol. The van der Waals surface area contributed by atoms with Gasteiger partial charge >= 0.3 is 0 Å². The number of rotatable bonds is 5. The Bertz CT molecular complexity index is 637. The number of hydrogen-bond acceptors (Lipinski definition) is 4. The lowest BCUT2D eigenvalue weighted by Crippen LogP contribution is -1.97. The predicted molar refractivity (Wildman–Crippen MR) is 82.0 cm³/mol. The summed E-state index contributed by atoms with van der Waals surface area (Å²) in [6, 6.07) is 5.50. The van der Waals surface area contributed by atoms with Gasteiger partial charge in [-0.1, -0.05) is 18.5 Å². The normalized spacial score (nSPS) is 10.6. The van der Waals surface area contributed by atoms with Gasteiger partial charge in [0.1, 0.15) is 17.4 Å². The van der Waals surface area contributed by atoms with E-state index in [1.807, 2.05) is 26.0 Å². The van der Waals surface area contributed by atoms with E-state index in [4.69, 9.17) is 16.3 Å². The largest absolute Gasteiger partial charge is 0.486 e. The molecule has 0 N–H and O–H groups in total. The summed E-state index contributed by atoms with van der Waals surface area (Å²) in [4.78, 5) is 16.7. The van der Waals surface area contributed by atoms with E-state index >= 15 is 0 Å². The molecule has 3 nitrogen and oxygen atoms in total. The number of carbonyl (C=O) groups excluding carboxylic acids is 1. The van der Waals surface area contributed by atoms with Crippen LogP contribution in [-0.4, -0.2) is 10.8 Å². The molecule has 5 heteroatoms. The molecule has 0 unspecified atom stereocenters. The Kier molecular flexibility index (Phi) is 4.78. The van der Waals surface area contributed by atoms with Crippen LogP contribution >= 0.6 is 22.9 Å². The highest BCUT2D eigenvalue weighted by Crippen LogP contribution is 2.25. The number of aromatic nitrogens is 1. The maximum absolute atomic E-state index is 11.5. The van der Waals surface area contributed by atoms with Gasteiger partial charge < -0.3 is 4.74 Å². The number of benzene rings is 1. The molecule has 0 fully saturated rings. The van der Waals surface area contributed by atoms with Crippen LogP contribution in [-0.2, 0) is 13.0 Å². The molecule has 1 aromatic carbocycles. The van der Waals surface area contributed by atoms with E-state index in [9.17, 15) is 4.79 Å². The molecule has 2 rings (SSSR count). The Balaban J connectivity index is 2.13. The Hall–Kier alpha value is -1.39. The molecule has 0 radical (unpaired) electrons. The molecule has 0 aliphatic carbocycles. The molecule has 0 atom stereocenters. The zero-order valence-electron chi connectivity index (χ0n) is 11.7. The van der Waals surface area contributed by atoms with Gasteiger partial charge in [0, 0.05) is 11.9 Å². The second kappa shape index (κ2) is 6.37. The lowest BCUT2D eigenvalue weighted by atomic mass is 10.2. The second-order valence-electron chi connectivity index (χ2n) is 4.49. The summed E-state index contributed by atoms with van der Waals surface area (Å²) in [5.74, 6) is 0.847. The number of ketones is 1. The van der Waals surface area contributed by atoms with Gasteiger partial charge in [0.05, 0.1) is 10.6 Å². The van der Waals surface area contributed by atoms with Gasteiger partial charge in [0.15, 0.2) is 5.78 Å². The highest BCUT2D eigenvalue weighted by Gasteiger charge is 2.14. The van der Waals surface area contributed by atoms with Crippen LogP contribution in [0.4, 0.5) is 0 Å². The Morgan fingerprint density at radius 3 is 2.75 bits per heavy atom. The maximum atomic E-state index is 11.5. The summed E-state index contributed by atoms with van der Waals surface area (Å²) in [5, 5.41) is 1.51. The minimum Gasteiger partial charge on any atom is -0.486 e.